The van der Waals surface area contributed by atoms with Gasteiger partial charge in [-0.1, -0.05) is 0 Å². The number of hydrogen-bond donors (Lipinski definition) is 2. The summed E-state index contributed by atoms with van der Waals surface area (Å²) in [5, 5.41) is 2.99. The van der Waals surface area contributed by atoms with Gasteiger partial charge in [-0.3, -0.25) is 4.79 Å². The molecule has 0 radical (unpaired) electrons. The first-order valence-corrected chi connectivity index (χ1v) is 6.16. The fraction of sp³-hybridized carbons (Fsp3) is 0.538. The number of nitrogens with zero attached hydrogens (tertiary/aromatic N) is 2. The third-order valence-corrected chi connectivity index (χ3v) is 2.86. The number of rotatable bonds is 5. The normalized spacial score (nSPS) is 13.4. The van der Waals surface area contributed by atoms with Crippen LogP contribution < -0.4 is 16.6 Å². The Hall–Kier alpha value is -1.82. The highest BCUT2D eigenvalue weighted by molar-refractivity contribution is 5.78. The molecule has 0 aliphatic heterocycles. The summed E-state index contributed by atoms with van der Waals surface area (Å²) in [4.78, 5) is 16.1. The fourth-order valence-electron chi connectivity index (χ4n) is 1.66. The number of aliphatic imine (C=N–C) groups is 1. The Bertz CT molecular complexity index is 508. The lowest BCUT2D eigenvalue weighted by molar-refractivity contribution is 0.179. The second-order valence-electron chi connectivity index (χ2n) is 4.57. The minimum absolute atomic E-state index is 0.0403. The maximum atomic E-state index is 11.9. The van der Waals surface area contributed by atoms with Crippen LogP contribution in [0.2, 0.25) is 0 Å². The van der Waals surface area contributed by atoms with E-state index >= 15 is 0 Å². The zero-order valence-corrected chi connectivity index (χ0v) is 11.9. The van der Waals surface area contributed by atoms with E-state index in [0.29, 0.717) is 18.1 Å². The largest absolute Gasteiger partial charge is 0.383 e. The van der Waals surface area contributed by atoms with Crippen molar-refractivity contribution in [2.75, 3.05) is 13.7 Å². The molecule has 1 atom stereocenters. The van der Waals surface area contributed by atoms with Crippen LogP contribution in [0, 0.1) is 6.92 Å². The molecule has 6 heteroatoms. The summed E-state index contributed by atoms with van der Waals surface area (Å²) in [6.45, 7) is 4.64. The molecule has 0 spiro atoms. The summed E-state index contributed by atoms with van der Waals surface area (Å²) in [6.07, 6.45) is 0. The smallest absolute Gasteiger partial charge is 0.255 e. The van der Waals surface area contributed by atoms with Crippen molar-refractivity contribution in [2.24, 2.45) is 17.8 Å². The minimum Gasteiger partial charge on any atom is -0.383 e. The Kier molecular flexibility index (Phi) is 5.57. The topological polar surface area (TPSA) is 81.6 Å². The van der Waals surface area contributed by atoms with Gasteiger partial charge >= 0.3 is 0 Å². The number of aromatic nitrogens is 1. The summed E-state index contributed by atoms with van der Waals surface area (Å²) < 4.78 is 6.59. The van der Waals surface area contributed by atoms with Crippen molar-refractivity contribution in [2.45, 2.75) is 26.4 Å². The van der Waals surface area contributed by atoms with Gasteiger partial charge in [-0.05, 0) is 26.0 Å². The van der Waals surface area contributed by atoms with E-state index in [1.807, 2.05) is 19.9 Å². The molecule has 0 amide bonds. The number of nitrogens with one attached hydrogen (secondary N) is 1. The van der Waals surface area contributed by atoms with Crippen LogP contribution in [0.3, 0.4) is 0 Å². The molecule has 0 aliphatic carbocycles. The van der Waals surface area contributed by atoms with Crippen LogP contribution >= 0.6 is 0 Å². The van der Waals surface area contributed by atoms with Crippen molar-refractivity contribution in [3.63, 3.8) is 0 Å². The van der Waals surface area contributed by atoms with Crippen molar-refractivity contribution < 1.29 is 4.74 Å². The summed E-state index contributed by atoms with van der Waals surface area (Å²) in [5.74, 6) is 0.312. The predicted molar refractivity (Wildman–Crippen MR) is 76.2 cm³/mol. The summed E-state index contributed by atoms with van der Waals surface area (Å²) in [6, 6.07) is 3.76. The maximum Gasteiger partial charge on any atom is 0.255 e. The molecule has 1 aromatic rings. The lowest BCUT2D eigenvalue weighted by Crippen LogP contribution is -2.40. The number of aryl methyl sites for hydroxylation is 1. The molecule has 1 unspecified atom stereocenters. The lowest BCUT2D eigenvalue weighted by atomic mass is 10.2. The molecular weight excluding hydrogens is 244 g/mol. The van der Waals surface area contributed by atoms with Crippen LogP contribution in [0.1, 0.15) is 18.2 Å². The monoisotopic (exact) mass is 266 g/mol. The van der Waals surface area contributed by atoms with Crippen LogP contribution in [-0.4, -0.2) is 30.3 Å². The van der Waals surface area contributed by atoms with Crippen molar-refractivity contribution in [3.8, 4) is 0 Å². The van der Waals surface area contributed by atoms with E-state index in [4.69, 9.17) is 10.5 Å². The minimum atomic E-state index is -0.0403. The summed E-state index contributed by atoms with van der Waals surface area (Å²) >= 11 is 0. The predicted octanol–water partition coefficient (Wildman–Crippen LogP) is 0.133. The van der Waals surface area contributed by atoms with Gasteiger partial charge in [-0.25, -0.2) is 4.99 Å². The number of guanidine groups is 1. The van der Waals surface area contributed by atoms with E-state index in [9.17, 15) is 4.79 Å². The van der Waals surface area contributed by atoms with Gasteiger partial charge in [0, 0.05) is 31.5 Å². The van der Waals surface area contributed by atoms with Gasteiger partial charge in [0.2, 0.25) is 0 Å². The van der Waals surface area contributed by atoms with Crippen LogP contribution in [0.25, 0.3) is 0 Å². The zero-order chi connectivity index (χ0) is 14.4. The van der Waals surface area contributed by atoms with Gasteiger partial charge in [0.25, 0.3) is 5.56 Å². The van der Waals surface area contributed by atoms with E-state index in [2.05, 4.69) is 10.3 Å². The third kappa shape index (κ3) is 4.40. The Balaban J connectivity index is 2.71. The lowest BCUT2D eigenvalue weighted by Gasteiger charge is -2.13. The average Bonchev–Trinajstić information content (AvgIpc) is 2.35. The van der Waals surface area contributed by atoms with E-state index in [1.54, 1.807) is 24.8 Å². The number of ether oxygens (including phenoxy) is 1. The standard InChI is InChI=1S/C13H22N4O2/c1-9(8-19-4)16-13(14)15-7-11-6-5-10(2)17(3)12(11)18/h5-6,9H,7-8H2,1-4H3,(H3,14,15,16). The van der Waals surface area contributed by atoms with Gasteiger partial charge < -0.3 is 20.4 Å². The SMILES string of the molecule is COCC(C)NC(N)=NCc1ccc(C)n(C)c1=O. The van der Waals surface area contributed by atoms with Gasteiger partial charge in [0.05, 0.1) is 13.2 Å². The Morgan fingerprint density at radius 1 is 1.58 bits per heavy atom. The van der Waals surface area contributed by atoms with E-state index < -0.39 is 0 Å². The fourth-order valence-corrected chi connectivity index (χ4v) is 1.66. The van der Waals surface area contributed by atoms with Crippen molar-refractivity contribution >= 4 is 5.96 Å². The molecule has 0 bridgehead atoms. The molecule has 0 saturated carbocycles. The molecule has 1 heterocycles. The highest BCUT2D eigenvalue weighted by Gasteiger charge is 2.04. The molecule has 1 aromatic heterocycles. The second kappa shape index (κ2) is 6.94. The van der Waals surface area contributed by atoms with E-state index in [1.165, 1.54) is 0 Å². The van der Waals surface area contributed by atoms with Gasteiger partial charge in [0.15, 0.2) is 5.96 Å². The molecule has 0 fully saturated rings. The molecule has 106 valence electrons. The van der Waals surface area contributed by atoms with E-state index in [0.717, 1.165) is 5.69 Å². The third-order valence-electron chi connectivity index (χ3n) is 2.86. The Morgan fingerprint density at radius 3 is 2.89 bits per heavy atom. The molecular formula is C13H22N4O2. The van der Waals surface area contributed by atoms with Crippen molar-refractivity contribution in [1.29, 1.82) is 0 Å². The Morgan fingerprint density at radius 2 is 2.26 bits per heavy atom. The van der Waals surface area contributed by atoms with E-state index in [-0.39, 0.29) is 18.1 Å². The van der Waals surface area contributed by atoms with Crippen LogP contribution in [0.15, 0.2) is 21.9 Å². The maximum absolute atomic E-state index is 11.9. The first-order chi connectivity index (χ1) is 8.95. The molecule has 1 rings (SSSR count). The molecule has 0 aliphatic rings. The highest BCUT2D eigenvalue weighted by atomic mass is 16.5. The number of pyridine rings is 1. The van der Waals surface area contributed by atoms with Crippen LogP contribution in [-0.2, 0) is 18.3 Å². The molecule has 0 aromatic carbocycles. The van der Waals surface area contributed by atoms with Crippen LogP contribution in [0.5, 0.6) is 0 Å². The first-order valence-electron chi connectivity index (χ1n) is 6.16. The number of methoxy groups -OCH3 is 1. The number of hydrogen-bond acceptors (Lipinski definition) is 3. The van der Waals surface area contributed by atoms with Gasteiger partial charge in [-0.15, -0.1) is 0 Å². The second-order valence-corrected chi connectivity index (χ2v) is 4.57. The van der Waals surface area contributed by atoms with Crippen molar-refractivity contribution in [3.05, 3.63) is 33.7 Å². The quantitative estimate of drug-likeness (QED) is 0.586. The Labute approximate surface area is 113 Å². The molecule has 0 saturated heterocycles. The van der Waals surface area contributed by atoms with Crippen molar-refractivity contribution in [1.82, 2.24) is 9.88 Å². The first kappa shape index (κ1) is 15.2. The average molecular weight is 266 g/mol. The summed E-state index contributed by atoms with van der Waals surface area (Å²) in [5.41, 5.74) is 7.24. The molecule has 6 nitrogen and oxygen atoms in total. The highest BCUT2D eigenvalue weighted by Crippen LogP contribution is 1.98. The summed E-state index contributed by atoms with van der Waals surface area (Å²) in [7, 11) is 3.37. The van der Waals surface area contributed by atoms with Crippen LogP contribution in [0.4, 0.5) is 0 Å². The molecule has 19 heavy (non-hydrogen) atoms. The molecule has 3 N–H and O–H groups in total. The van der Waals surface area contributed by atoms with Gasteiger partial charge in [0.1, 0.15) is 0 Å². The zero-order valence-electron chi connectivity index (χ0n) is 11.9. The van der Waals surface area contributed by atoms with Gasteiger partial charge in [-0.2, -0.15) is 0 Å². The number of nitrogens with two attached hydrogens (primary N) is 1.